The van der Waals surface area contributed by atoms with Gasteiger partial charge in [-0.1, -0.05) is 111 Å². The number of nitrogens with zero attached hydrogens (tertiary/aromatic N) is 3. The fourth-order valence-corrected chi connectivity index (χ4v) is 6.06. The summed E-state index contributed by atoms with van der Waals surface area (Å²) in [5, 5.41) is 22.6. The summed E-state index contributed by atoms with van der Waals surface area (Å²) < 4.78 is 11.8. The maximum absolute atomic E-state index is 14.0. The zero-order chi connectivity index (χ0) is 42.0. The predicted octanol–water partition coefficient (Wildman–Crippen LogP) is 8.49. The molecule has 4 rings (SSSR count). The largest absolute Gasteiger partial charge is 0.479 e. The average Bonchev–Trinajstić information content (AvgIpc) is 3.62. The number of para-hydroxylation sites is 1. The van der Waals surface area contributed by atoms with Crippen LogP contribution in [-0.4, -0.2) is 68.6 Å². The molecule has 0 spiro atoms. The lowest BCUT2D eigenvalue weighted by Gasteiger charge is -2.19. The molecule has 0 fully saturated rings. The lowest BCUT2D eigenvalue weighted by atomic mass is 10.1. The smallest absolute Gasteiger partial charge is 0.347 e. The summed E-state index contributed by atoms with van der Waals surface area (Å²) >= 11 is 12.8. The fraction of sp³-hybridized carbons (Fsp3) is 0.439. The van der Waals surface area contributed by atoms with Gasteiger partial charge in [-0.05, 0) is 68.3 Å². The predicted molar refractivity (Wildman–Crippen MR) is 217 cm³/mol. The molecule has 0 aliphatic heterocycles. The Morgan fingerprint density at radius 1 is 0.776 bits per heavy atom. The summed E-state index contributed by atoms with van der Waals surface area (Å²) in [6, 6.07) is 13.5. The molecule has 2 amide bonds. The summed E-state index contributed by atoms with van der Waals surface area (Å²) in [5.74, 6) is -4.55. The number of carboxylic acids is 1. The van der Waals surface area contributed by atoms with Gasteiger partial charge < -0.3 is 25.2 Å². The van der Waals surface area contributed by atoms with E-state index in [4.69, 9.17) is 47.6 Å². The number of aliphatic carboxylic acids is 1. The second-order valence-corrected chi connectivity index (χ2v) is 14.5. The van der Waals surface area contributed by atoms with Crippen molar-refractivity contribution in [3.63, 3.8) is 0 Å². The molecular formula is C41H49Cl2N5O10. The standard InChI is InChI=1S/C41H49Cl2N5O10/c1-4-5-6-7-8-9-10-11-12-15-22-55-40(53)27(3)57-41(54)29-19-21-31(43)34(24-29)45-38(50)36(48-35-17-14-13-16-32(35)46-47-48)37(49)44-33-23-28(18-20-30(33)42)25-56-58-26(2)39(51)52/h13-14,16-21,23-24,26-27,36H,4-12,15,22,25H2,1-3H3,(H,44,49)(H,45,50)(H,51,52). The first-order valence-electron chi connectivity index (χ1n) is 19.3. The topological polar surface area (TPSA) is 197 Å². The van der Waals surface area contributed by atoms with Crippen molar-refractivity contribution in [3.8, 4) is 0 Å². The molecule has 0 saturated carbocycles. The van der Waals surface area contributed by atoms with Gasteiger partial charge in [-0.25, -0.2) is 28.8 Å². The SMILES string of the molecule is CCCCCCCCCCCCOC(=O)C(C)OC(=O)c1ccc(Cl)c(NC(=O)C(C(=O)Nc2cc(COOC(C)C(=O)O)ccc2Cl)n2nnc3ccccc32)c1. The quantitative estimate of drug-likeness (QED) is 0.0200. The number of rotatable bonds is 24. The number of carbonyl (C=O) groups is 5. The van der Waals surface area contributed by atoms with E-state index in [-0.39, 0.29) is 40.2 Å². The van der Waals surface area contributed by atoms with Crippen LogP contribution in [0.5, 0.6) is 0 Å². The molecule has 58 heavy (non-hydrogen) atoms. The zero-order valence-electron chi connectivity index (χ0n) is 32.7. The second-order valence-electron chi connectivity index (χ2n) is 13.6. The number of fused-ring (bicyclic) bond motifs is 1. The van der Waals surface area contributed by atoms with Gasteiger partial charge >= 0.3 is 17.9 Å². The van der Waals surface area contributed by atoms with Crippen LogP contribution >= 0.6 is 23.2 Å². The van der Waals surface area contributed by atoms with Gasteiger partial charge in [-0.15, -0.1) is 5.10 Å². The Hall–Kier alpha value is -5.09. The molecule has 3 N–H and O–H groups in total. The summed E-state index contributed by atoms with van der Waals surface area (Å²) in [6.07, 6.45) is 8.99. The third-order valence-corrected chi connectivity index (χ3v) is 9.67. The number of carbonyl (C=O) groups excluding carboxylic acids is 4. The van der Waals surface area contributed by atoms with E-state index in [1.165, 1.54) is 82.7 Å². The van der Waals surface area contributed by atoms with Crippen LogP contribution < -0.4 is 10.6 Å². The van der Waals surface area contributed by atoms with E-state index in [0.717, 1.165) is 23.9 Å². The van der Waals surface area contributed by atoms with Crippen LogP contribution in [0.1, 0.15) is 107 Å². The van der Waals surface area contributed by atoms with Gasteiger partial charge in [0.15, 0.2) is 12.2 Å². The van der Waals surface area contributed by atoms with E-state index in [9.17, 15) is 24.0 Å². The number of aromatic nitrogens is 3. The van der Waals surface area contributed by atoms with Crippen molar-refractivity contribution in [1.82, 2.24) is 15.0 Å². The van der Waals surface area contributed by atoms with Crippen molar-refractivity contribution in [2.45, 2.75) is 110 Å². The molecule has 0 aliphatic carbocycles. The van der Waals surface area contributed by atoms with Crippen molar-refractivity contribution in [3.05, 3.63) is 81.8 Å². The molecule has 3 unspecified atom stereocenters. The lowest BCUT2D eigenvalue weighted by Crippen LogP contribution is -2.37. The Morgan fingerprint density at radius 2 is 1.38 bits per heavy atom. The molecule has 0 saturated heterocycles. The van der Waals surface area contributed by atoms with Gasteiger partial charge in [0, 0.05) is 0 Å². The normalized spacial score (nSPS) is 12.7. The van der Waals surface area contributed by atoms with E-state index >= 15 is 0 Å². The van der Waals surface area contributed by atoms with E-state index in [0.29, 0.717) is 23.0 Å². The van der Waals surface area contributed by atoms with Gasteiger partial charge in [0.2, 0.25) is 6.04 Å². The highest BCUT2D eigenvalue weighted by atomic mass is 35.5. The molecule has 15 nitrogen and oxygen atoms in total. The van der Waals surface area contributed by atoms with Crippen molar-refractivity contribution in [1.29, 1.82) is 0 Å². The number of halogens is 2. The molecule has 1 aromatic heterocycles. The second kappa shape index (κ2) is 23.3. The highest BCUT2D eigenvalue weighted by molar-refractivity contribution is 6.35. The monoisotopic (exact) mass is 841 g/mol. The van der Waals surface area contributed by atoms with E-state index in [1.807, 2.05) is 0 Å². The number of benzene rings is 3. The van der Waals surface area contributed by atoms with Crippen LogP contribution in [-0.2, 0) is 45.0 Å². The number of carboxylic acid groups (broad SMARTS) is 1. The number of anilines is 2. The summed E-state index contributed by atoms with van der Waals surface area (Å²) in [6.45, 7) is 4.94. The van der Waals surface area contributed by atoms with Gasteiger partial charge in [0.25, 0.3) is 11.8 Å². The number of unbranched alkanes of at least 4 members (excludes halogenated alkanes) is 9. The summed E-state index contributed by atoms with van der Waals surface area (Å²) in [5.41, 5.74) is 1.24. The van der Waals surface area contributed by atoms with Crippen molar-refractivity contribution in [2.24, 2.45) is 0 Å². The van der Waals surface area contributed by atoms with Crippen molar-refractivity contribution >= 4 is 75.3 Å². The van der Waals surface area contributed by atoms with Crippen LogP contribution in [0.2, 0.25) is 10.0 Å². The fourth-order valence-electron chi connectivity index (χ4n) is 5.73. The van der Waals surface area contributed by atoms with Gasteiger partial charge in [0.05, 0.1) is 39.1 Å². The first-order valence-corrected chi connectivity index (χ1v) is 20.0. The Labute approximate surface area is 346 Å². The van der Waals surface area contributed by atoms with E-state index < -0.39 is 48.0 Å². The summed E-state index contributed by atoms with van der Waals surface area (Å²) in [4.78, 5) is 74.6. The molecule has 1 heterocycles. The third-order valence-electron chi connectivity index (χ3n) is 9.01. The zero-order valence-corrected chi connectivity index (χ0v) is 34.2. The Bertz CT molecular complexity index is 2030. The molecular weight excluding hydrogens is 793 g/mol. The Balaban J connectivity index is 1.40. The number of esters is 2. The van der Waals surface area contributed by atoms with Crippen LogP contribution in [0.15, 0.2) is 60.7 Å². The molecule has 3 atom stereocenters. The van der Waals surface area contributed by atoms with Crippen molar-refractivity contribution < 1.29 is 48.3 Å². The van der Waals surface area contributed by atoms with Gasteiger partial charge in [0.1, 0.15) is 12.1 Å². The maximum atomic E-state index is 14.0. The van der Waals surface area contributed by atoms with Gasteiger partial charge in [-0.2, -0.15) is 0 Å². The highest BCUT2D eigenvalue weighted by Crippen LogP contribution is 2.28. The van der Waals surface area contributed by atoms with Crippen LogP contribution in [0.25, 0.3) is 11.0 Å². The number of ether oxygens (including phenoxy) is 2. The molecule has 4 aromatic rings. The molecule has 0 aliphatic rings. The number of hydrogen-bond acceptors (Lipinski definition) is 11. The minimum atomic E-state index is -1.69. The highest BCUT2D eigenvalue weighted by Gasteiger charge is 2.33. The maximum Gasteiger partial charge on any atom is 0.347 e. The van der Waals surface area contributed by atoms with Crippen LogP contribution in [0.3, 0.4) is 0 Å². The number of hydrogen-bond donors (Lipinski definition) is 3. The van der Waals surface area contributed by atoms with E-state index in [2.05, 4.69) is 27.9 Å². The number of nitrogens with one attached hydrogen (secondary N) is 2. The Kier molecular flexibility index (Phi) is 18.4. The van der Waals surface area contributed by atoms with Crippen molar-refractivity contribution in [2.75, 3.05) is 17.2 Å². The lowest BCUT2D eigenvalue weighted by molar-refractivity contribution is -0.324. The van der Waals surface area contributed by atoms with E-state index in [1.54, 1.807) is 30.3 Å². The summed E-state index contributed by atoms with van der Waals surface area (Å²) in [7, 11) is 0. The first-order chi connectivity index (χ1) is 27.9. The first kappa shape index (κ1) is 45.6. The third kappa shape index (κ3) is 13.8. The minimum absolute atomic E-state index is 0.0335. The molecule has 17 heteroatoms. The van der Waals surface area contributed by atoms with Gasteiger partial charge in [-0.3, -0.25) is 9.59 Å². The molecule has 0 radical (unpaired) electrons. The minimum Gasteiger partial charge on any atom is -0.479 e. The molecule has 0 bridgehead atoms. The van der Waals surface area contributed by atoms with Crippen LogP contribution in [0, 0.1) is 0 Å². The molecule has 312 valence electrons. The average molecular weight is 843 g/mol. The number of amides is 2. The molecule has 3 aromatic carbocycles. The Morgan fingerprint density at radius 3 is 2.03 bits per heavy atom. The van der Waals surface area contributed by atoms with Crippen LogP contribution in [0.4, 0.5) is 11.4 Å².